The molecule has 2 N–H and O–H groups in total. The molecule has 1 fully saturated rings. The number of pyridine rings is 1. The van der Waals surface area contributed by atoms with Gasteiger partial charge in [0, 0.05) is 48.3 Å². The average molecular weight is 569 g/mol. The second kappa shape index (κ2) is 11.8. The van der Waals surface area contributed by atoms with E-state index in [0.29, 0.717) is 28.7 Å². The monoisotopic (exact) mass is 568 g/mol. The molecule has 3 heterocycles. The molecule has 1 saturated heterocycles. The molecule has 6 rings (SSSR count). The molecule has 0 bridgehead atoms. The zero-order valence-electron chi connectivity index (χ0n) is 22.0. The van der Waals surface area contributed by atoms with Crippen LogP contribution in [0.3, 0.4) is 0 Å². The number of allylic oxidation sites excluding steroid dienone is 2. The lowest BCUT2D eigenvalue weighted by molar-refractivity contribution is 0.589. The number of nitrogens with zero attached hydrogens (tertiary/aromatic N) is 4. The fraction of sp³-hybridized carbons (Fsp3) is 0.258. The molecule has 0 amide bonds. The fourth-order valence-corrected chi connectivity index (χ4v) is 5.61. The number of nitrogens with one attached hydrogen (secondary N) is 2. The summed E-state index contributed by atoms with van der Waals surface area (Å²) in [5.74, 6) is 6.69. The van der Waals surface area contributed by atoms with E-state index >= 15 is 0 Å². The smallest absolute Gasteiger partial charge is 0.268 e. The lowest BCUT2D eigenvalue weighted by Crippen LogP contribution is -2.43. The molecule has 0 radical (unpaired) electrons. The first-order valence-electron chi connectivity index (χ1n) is 13.5. The van der Waals surface area contributed by atoms with Crippen molar-refractivity contribution in [3.63, 3.8) is 0 Å². The van der Waals surface area contributed by atoms with Gasteiger partial charge < -0.3 is 15.5 Å². The molecule has 0 unspecified atom stereocenters. The summed E-state index contributed by atoms with van der Waals surface area (Å²) in [6, 6.07) is 15.4. The van der Waals surface area contributed by atoms with Crippen LogP contribution in [-0.2, 0) is 6.54 Å². The number of benzene rings is 2. The number of hydrogen-bond donors (Lipinski definition) is 3. The van der Waals surface area contributed by atoms with E-state index in [1.54, 1.807) is 16.8 Å². The van der Waals surface area contributed by atoms with Crippen LogP contribution in [0.2, 0.25) is 5.02 Å². The lowest BCUT2D eigenvalue weighted by Gasteiger charge is -2.30. The van der Waals surface area contributed by atoms with E-state index in [9.17, 15) is 4.79 Å². The van der Waals surface area contributed by atoms with Crippen molar-refractivity contribution < 1.29 is 0 Å². The zero-order chi connectivity index (χ0) is 27.5. The molecule has 1 aliphatic carbocycles. The predicted molar refractivity (Wildman–Crippen MR) is 165 cm³/mol. The maximum Gasteiger partial charge on any atom is 0.268 e. The summed E-state index contributed by atoms with van der Waals surface area (Å²) in [4.78, 5) is 26.1. The molecule has 0 spiro atoms. The van der Waals surface area contributed by atoms with Crippen molar-refractivity contribution in [1.82, 2.24) is 19.9 Å². The Morgan fingerprint density at radius 1 is 1.10 bits per heavy atom. The van der Waals surface area contributed by atoms with E-state index in [4.69, 9.17) is 16.6 Å². The van der Waals surface area contributed by atoms with Crippen LogP contribution < -0.4 is 21.1 Å². The molecule has 9 heteroatoms. The minimum Gasteiger partial charge on any atom is -0.368 e. The minimum absolute atomic E-state index is 0.191. The normalized spacial score (nSPS) is 15.1. The van der Waals surface area contributed by atoms with E-state index in [1.807, 2.05) is 42.5 Å². The van der Waals surface area contributed by atoms with Crippen LogP contribution in [0.1, 0.15) is 30.4 Å². The summed E-state index contributed by atoms with van der Waals surface area (Å²) in [7, 11) is 0. The molecule has 2 aromatic heterocycles. The van der Waals surface area contributed by atoms with Crippen LogP contribution >= 0.6 is 24.2 Å². The van der Waals surface area contributed by atoms with Gasteiger partial charge in [0.25, 0.3) is 5.56 Å². The largest absolute Gasteiger partial charge is 0.368 e. The molecule has 2 aromatic carbocycles. The van der Waals surface area contributed by atoms with Crippen LogP contribution in [0.4, 0.5) is 17.3 Å². The van der Waals surface area contributed by atoms with Crippen LogP contribution in [0.5, 0.6) is 0 Å². The van der Waals surface area contributed by atoms with Crippen molar-refractivity contribution in [2.75, 3.05) is 36.4 Å². The molecule has 0 saturated carbocycles. The van der Waals surface area contributed by atoms with E-state index in [-0.39, 0.29) is 5.56 Å². The van der Waals surface area contributed by atoms with Crippen molar-refractivity contribution >= 4 is 52.6 Å². The maximum absolute atomic E-state index is 13.7. The number of rotatable bonds is 5. The second-order valence-corrected chi connectivity index (χ2v) is 10.8. The van der Waals surface area contributed by atoms with Gasteiger partial charge in [0.15, 0.2) is 0 Å². The summed E-state index contributed by atoms with van der Waals surface area (Å²) in [6.07, 6.45) is 6.98. The number of anilines is 3. The Labute approximate surface area is 243 Å². The quantitative estimate of drug-likeness (QED) is 0.221. The summed E-state index contributed by atoms with van der Waals surface area (Å²) < 4.78 is 1.66. The zero-order valence-corrected chi connectivity index (χ0v) is 23.6. The number of piperazine rings is 1. The van der Waals surface area contributed by atoms with E-state index in [2.05, 4.69) is 51.1 Å². The van der Waals surface area contributed by atoms with Crippen LogP contribution in [0.25, 0.3) is 11.0 Å². The van der Waals surface area contributed by atoms with Crippen molar-refractivity contribution in [1.29, 1.82) is 0 Å². The lowest BCUT2D eigenvalue weighted by atomic mass is 10.1. The number of hydrogen-bond acceptors (Lipinski definition) is 7. The van der Waals surface area contributed by atoms with Gasteiger partial charge in [-0.25, -0.2) is 4.98 Å². The topological polar surface area (TPSA) is 75.1 Å². The molecular weight excluding hydrogens is 540 g/mol. The van der Waals surface area contributed by atoms with E-state index in [1.165, 1.54) is 0 Å². The summed E-state index contributed by atoms with van der Waals surface area (Å²) in [5.41, 5.74) is 4.54. The number of fused-ring (bicyclic) bond motifs is 1. The van der Waals surface area contributed by atoms with Gasteiger partial charge in [-0.2, -0.15) is 4.98 Å². The van der Waals surface area contributed by atoms with Gasteiger partial charge in [0.05, 0.1) is 22.8 Å². The van der Waals surface area contributed by atoms with Gasteiger partial charge >= 0.3 is 0 Å². The van der Waals surface area contributed by atoms with Crippen molar-refractivity contribution in [2.24, 2.45) is 0 Å². The Bertz CT molecular complexity index is 1730. The average Bonchev–Trinajstić information content (AvgIpc) is 3.49. The van der Waals surface area contributed by atoms with E-state index in [0.717, 1.165) is 78.2 Å². The third kappa shape index (κ3) is 5.73. The first-order valence-corrected chi connectivity index (χ1v) is 14.3. The highest BCUT2D eigenvalue weighted by Gasteiger charge is 2.16. The number of thiol groups is 1. The summed E-state index contributed by atoms with van der Waals surface area (Å²) >= 11 is 11.3. The summed E-state index contributed by atoms with van der Waals surface area (Å²) in [5, 5.41) is 8.02. The van der Waals surface area contributed by atoms with Gasteiger partial charge in [0.2, 0.25) is 5.95 Å². The molecule has 40 heavy (non-hydrogen) atoms. The standard InChI is InChI=1S/C31H29ClN6OS/c32-26-18-25(11-12-27(26)37-15-13-33-14-16-37)35-31-34-19-24-17-22(10-9-21-5-1-2-6-21)30(39)38(29(24)36-31)20-23-7-3-4-8-28(23)40/h3-5,7-8,11-12,17-19,33,40H,1-2,6,13-16,20H2,(H,34,35,36). The van der Waals surface area contributed by atoms with Gasteiger partial charge in [-0.05, 0) is 60.7 Å². The van der Waals surface area contributed by atoms with Crippen LogP contribution in [-0.4, -0.2) is 40.7 Å². The molecule has 1 aliphatic heterocycles. The first-order chi connectivity index (χ1) is 19.5. The molecule has 0 atom stereocenters. The van der Waals surface area contributed by atoms with Crippen molar-refractivity contribution in [2.45, 2.75) is 30.7 Å². The molecule has 2 aliphatic rings. The number of halogens is 1. The first kappa shape index (κ1) is 26.5. The van der Waals surface area contributed by atoms with E-state index < -0.39 is 0 Å². The number of aromatic nitrogens is 3. The van der Waals surface area contributed by atoms with Crippen molar-refractivity contribution in [3.05, 3.63) is 92.9 Å². The fourth-order valence-electron chi connectivity index (χ4n) is 5.08. The van der Waals surface area contributed by atoms with Crippen LogP contribution in [0.15, 0.2) is 76.1 Å². The van der Waals surface area contributed by atoms with Gasteiger partial charge in [-0.15, -0.1) is 12.6 Å². The second-order valence-electron chi connectivity index (χ2n) is 9.95. The predicted octanol–water partition coefficient (Wildman–Crippen LogP) is 5.40. The maximum atomic E-state index is 13.7. The van der Waals surface area contributed by atoms with Crippen LogP contribution in [0, 0.1) is 11.8 Å². The SMILES string of the molecule is O=c1c(C#CC2=CCCC2)cc2cnc(Nc3ccc(N4CCNCC4)c(Cl)c3)nc2n1Cc1ccccc1S. The molecule has 4 aromatic rings. The molecular formula is C31H29ClN6OS. The highest BCUT2D eigenvalue weighted by Crippen LogP contribution is 2.30. The third-order valence-corrected chi connectivity index (χ3v) is 7.95. The highest BCUT2D eigenvalue weighted by atomic mass is 35.5. The van der Waals surface area contributed by atoms with Gasteiger partial charge in [0.1, 0.15) is 5.65 Å². The van der Waals surface area contributed by atoms with Gasteiger partial charge in [-0.3, -0.25) is 9.36 Å². The minimum atomic E-state index is -0.191. The summed E-state index contributed by atoms with van der Waals surface area (Å²) in [6.45, 7) is 4.01. The Morgan fingerprint density at radius 3 is 2.73 bits per heavy atom. The Balaban J connectivity index is 1.37. The Kier molecular flexibility index (Phi) is 7.78. The van der Waals surface area contributed by atoms with Gasteiger partial charge in [-0.1, -0.05) is 47.7 Å². The Hall–Kier alpha value is -3.77. The highest BCUT2D eigenvalue weighted by molar-refractivity contribution is 7.80. The Morgan fingerprint density at radius 2 is 1.95 bits per heavy atom. The third-order valence-electron chi connectivity index (χ3n) is 7.21. The molecule has 7 nitrogen and oxygen atoms in total. The van der Waals surface area contributed by atoms with Crippen molar-refractivity contribution in [3.8, 4) is 11.8 Å². The molecule has 202 valence electrons.